The lowest BCUT2D eigenvalue weighted by atomic mass is 9.97. The largest absolute Gasteiger partial charge is 0.325 e. The molecule has 2 heterocycles. The molecule has 1 atom stereocenters. The lowest BCUT2D eigenvalue weighted by Crippen LogP contribution is -2.38. The maximum Gasteiger partial charge on any atom is 0.259 e. The summed E-state index contributed by atoms with van der Waals surface area (Å²) in [4.78, 5) is 14.8. The summed E-state index contributed by atoms with van der Waals surface area (Å²) in [7, 11) is 0. The van der Waals surface area contributed by atoms with Gasteiger partial charge in [-0.15, -0.1) is 0 Å². The van der Waals surface area contributed by atoms with E-state index in [1.807, 2.05) is 6.07 Å². The fourth-order valence-electron chi connectivity index (χ4n) is 2.49. The summed E-state index contributed by atoms with van der Waals surface area (Å²) >= 11 is 3.43. The number of aromatic amines is 1. The van der Waals surface area contributed by atoms with Crippen molar-refractivity contribution in [3.05, 3.63) is 45.6 Å². The van der Waals surface area contributed by atoms with E-state index in [4.69, 9.17) is 0 Å². The summed E-state index contributed by atoms with van der Waals surface area (Å²) in [5.74, 6) is -0.459. The van der Waals surface area contributed by atoms with Gasteiger partial charge in [0.1, 0.15) is 5.82 Å². The van der Waals surface area contributed by atoms with E-state index in [-0.39, 0.29) is 10.9 Å². The van der Waals surface area contributed by atoms with Crippen LogP contribution in [0, 0.1) is 5.82 Å². The molecule has 1 aliphatic heterocycles. The summed E-state index contributed by atoms with van der Waals surface area (Å²) in [6.45, 7) is 0.655. The molecule has 5 heteroatoms. The summed E-state index contributed by atoms with van der Waals surface area (Å²) in [6, 6.07) is 5.08. The third-order valence-electron chi connectivity index (χ3n) is 3.40. The lowest BCUT2D eigenvalue weighted by Gasteiger charge is -2.25. The van der Waals surface area contributed by atoms with Crippen LogP contribution in [0.2, 0.25) is 0 Å². The zero-order valence-electron chi connectivity index (χ0n) is 9.59. The number of benzene rings is 1. The Bertz CT molecular complexity index is 668. The van der Waals surface area contributed by atoms with E-state index in [9.17, 15) is 9.18 Å². The second-order valence-electron chi connectivity index (χ2n) is 4.51. The van der Waals surface area contributed by atoms with Crippen molar-refractivity contribution in [2.45, 2.75) is 19.0 Å². The van der Waals surface area contributed by atoms with Crippen molar-refractivity contribution in [3.63, 3.8) is 0 Å². The molecule has 0 spiro atoms. The van der Waals surface area contributed by atoms with Crippen molar-refractivity contribution in [1.82, 2.24) is 10.3 Å². The number of H-pyrrole nitrogens is 1. The molecule has 0 saturated carbocycles. The van der Waals surface area contributed by atoms with Crippen molar-refractivity contribution in [2.75, 3.05) is 5.33 Å². The topological polar surface area (TPSA) is 44.9 Å². The third-order valence-corrected chi connectivity index (χ3v) is 4.18. The molecule has 0 aliphatic carbocycles. The zero-order valence-corrected chi connectivity index (χ0v) is 11.2. The average molecular weight is 311 g/mol. The minimum absolute atomic E-state index is 0.162. The van der Waals surface area contributed by atoms with Crippen molar-refractivity contribution < 1.29 is 4.39 Å². The van der Waals surface area contributed by atoms with Crippen LogP contribution in [0.15, 0.2) is 23.0 Å². The number of halogens is 2. The first kappa shape index (κ1) is 11.9. The van der Waals surface area contributed by atoms with Crippen LogP contribution in [-0.2, 0) is 13.0 Å². The van der Waals surface area contributed by atoms with Crippen LogP contribution in [-0.4, -0.2) is 16.4 Å². The van der Waals surface area contributed by atoms with Crippen LogP contribution in [0.5, 0.6) is 0 Å². The quantitative estimate of drug-likeness (QED) is 0.792. The lowest BCUT2D eigenvalue weighted by molar-refractivity contribution is 0.515. The van der Waals surface area contributed by atoms with Gasteiger partial charge in [-0.2, -0.15) is 0 Å². The van der Waals surface area contributed by atoms with Gasteiger partial charge in [-0.25, -0.2) is 4.39 Å². The minimum Gasteiger partial charge on any atom is -0.325 e. The number of fused-ring (bicyclic) bond motifs is 3. The van der Waals surface area contributed by atoms with Gasteiger partial charge in [0.15, 0.2) is 0 Å². The van der Waals surface area contributed by atoms with Crippen molar-refractivity contribution in [3.8, 4) is 0 Å². The SMILES string of the molecule is O=c1[nH]c2c(c3cccc(F)c13)CNC(CBr)C2. The monoisotopic (exact) mass is 310 g/mol. The molecule has 1 aromatic carbocycles. The highest BCUT2D eigenvalue weighted by molar-refractivity contribution is 9.09. The molecule has 2 aromatic rings. The molecule has 1 unspecified atom stereocenters. The molecule has 2 N–H and O–H groups in total. The van der Waals surface area contributed by atoms with Crippen LogP contribution < -0.4 is 10.9 Å². The van der Waals surface area contributed by atoms with E-state index in [0.29, 0.717) is 18.0 Å². The van der Waals surface area contributed by atoms with Gasteiger partial charge >= 0.3 is 0 Å². The Morgan fingerprint density at radius 2 is 2.28 bits per heavy atom. The fraction of sp³-hybridized carbons (Fsp3) is 0.308. The first-order chi connectivity index (χ1) is 8.70. The minimum atomic E-state index is -0.459. The van der Waals surface area contributed by atoms with Gasteiger partial charge in [-0.1, -0.05) is 28.1 Å². The van der Waals surface area contributed by atoms with Crippen LogP contribution in [0.3, 0.4) is 0 Å². The van der Waals surface area contributed by atoms with Gasteiger partial charge in [-0.3, -0.25) is 4.79 Å². The third kappa shape index (κ3) is 1.78. The Morgan fingerprint density at radius 1 is 1.44 bits per heavy atom. The first-order valence-corrected chi connectivity index (χ1v) is 6.94. The van der Waals surface area contributed by atoms with E-state index in [0.717, 1.165) is 23.0 Å². The highest BCUT2D eigenvalue weighted by Crippen LogP contribution is 2.24. The summed E-state index contributed by atoms with van der Waals surface area (Å²) < 4.78 is 13.7. The van der Waals surface area contributed by atoms with Crippen molar-refractivity contribution >= 4 is 26.7 Å². The molecular weight excluding hydrogens is 299 g/mol. The van der Waals surface area contributed by atoms with Gasteiger partial charge in [0, 0.05) is 30.0 Å². The van der Waals surface area contributed by atoms with E-state index in [1.54, 1.807) is 6.07 Å². The Labute approximate surface area is 112 Å². The number of alkyl halides is 1. The Hall–Kier alpha value is -1.20. The van der Waals surface area contributed by atoms with Crippen molar-refractivity contribution in [1.29, 1.82) is 0 Å². The Kier molecular flexibility index (Phi) is 2.95. The van der Waals surface area contributed by atoms with Gasteiger partial charge in [0.25, 0.3) is 5.56 Å². The molecule has 3 nitrogen and oxygen atoms in total. The molecular formula is C13H12BrFN2O. The first-order valence-electron chi connectivity index (χ1n) is 5.82. The van der Waals surface area contributed by atoms with E-state index >= 15 is 0 Å². The van der Waals surface area contributed by atoms with E-state index in [1.165, 1.54) is 6.07 Å². The van der Waals surface area contributed by atoms with Crippen LogP contribution in [0.1, 0.15) is 11.3 Å². The standard InChI is InChI=1S/C13H12BrFN2O/c14-5-7-4-11-9(6-16-7)8-2-1-3-10(15)12(8)13(18)17-11/h1-3,7,16H,4-6H2,(H,17,18). The fourth-order valence-corrected chi connectivity index (χ4v) is 2.95. The van der Waals surface area contributed by atoms with Crippen LogP contribution >= 0.6 is 15.9 Å². The smallest absolute Gasteiger partial charge is 0.259 e. The van der Waals surface area contributed by atoms with Crippen LogP contribution in [0.25, 0.3) is 10.8 Å². The zero-order chi connectivity index (χ0) is 12.7. The maximum absolute atomic E-state index is 13.7. The number of rotatable bonds is 1. The van der Waals surface area contributed by atoms with Gasteiger partial charge < -0.3 is 10.3 Å². The molecule has 0 saturated heterocycles. The molecule has 0 amide bonds. The number of aromatic nitrogens is 1. The number of hydrogen-bond donors (Lipinski definition) is 2. The Morgan fingerprint density at radius 3 is 3.06 bits per heavy atom. The summed E-state index contributed by atoms with van der Waals surface area (Å²) in [6.07, 6.45) is 0.752. The maximum atomic E-state index is 13.7. The molecule has 0 fully saturated rings. The second kappa shape index (κ2) is 4.48. The Balaban J connectivity index is 2.28. The highest BCUT2D eigenvalue weighted by atomic mass is 79.9. The van der Waals surface area contributed by atoms with E-state index in [2.05, 4.69) is 26.2 Å². The number of pyridine rings is 1. The molecule has 94 valence electrons. The van der Waals surface area contributed by atoms with E-state index < -0.39 is 5.82 Å². The molecule has 0 radical (unpaired) electrons. The molecule has 18 heavy (non-hydrogen) atoms. The normalized spacial score (nSPS) is 18.9. The van der Waals surface area contributed by atoms with Crippen LogP contribution in [0.4, 0.5) is 4.39 Å². The summed E-state index contributed by atoms with van der Waals surface area (Å²) in [5.41, 5.74) is 1.58. The van der Waals surface area contributed by atoms with Gasteiger partial charge in [0.05, 0.1) is 5.39 Å². The van der Waals surface area contributed by atoms with Crippen molar-refractivity contribution in [2.24, 2.45) is 0 Å². The second-order valence-corrected chi connectivity index (χ2v) is 5.16. The number of nitrogens with one attached hydrogen (secondary N) is 2. The molecule has 3 rings (SSSR count). The van der Waals surface area contributed by atoms with Gasteiger partial charge in [-0.05, 0) is 17.0 Å². The molecule has 1 aliphatic rings. The predicted octanol–water partition coefficient (Wildman–Crippen LogP) is 2.08. The summed E-state index contributed by atoms with van der Waals surface area (Å²) in [5, 5.41) is 5.07. The average Bonchev–Trinajstić information content (AvgIpc) is 2.38. The predicted molar refractivity (Wildman–Crippen MR) is 72.7 cm³/mol. The van der Waals surface area contributed by atoms with Gasteiger partial charge in [0.2, 0.25) is 0 Å². The molecule has 1 aromatic heterocycles. The number of hydrogen-bond acceptors (Lipinski definition) is 2. The molecule has 0 bridgehead atoms. The highest BCUT2D eigenvalue weighted by Gasteiger charge is 2.21.